The van der Waals surface area contributed by atoms with E-state index in [1.54, 1.807) is 13.3 Å². The molecular weight excluding hydrogens is 320 g/mol. The number of benzene rings is 1. The molecule has 1 saturated heterocycles. The van der Waals surface area contributed by atoms with E-state index in [-0.39, 0.29) is 6.54 Å². The molecule has 0 spiro atoms. The smallest absolute Gasteiger partial charge is 0.317 e. The average Bonchev–Trinajstić information content (AvgIpc) is 2.63. The number of anilines is 1. The zero-order chi connectivity index (χ0) is 17.6. The molecule has 25 heavy (non-hydrogen) atoms. The van der Waals surface area contributed by atoms with Gasteiger partial charge in [-0.25, -0.2) is 0 Å². The zero-order valence-electron chi connectivity index (χ0n) is 14.3. The first kappa shape index (κ1) is 17.3. The zero-order valence-corrected chi connectivity index (χ0v) is 14.3. The predicted octanol–water partition coefficient (Wildman–Crippen LogP) is 1.50. The van der Waals surface area contributed by atoms with Gasteiger partial charge in [0.25, 0.3) is 0 Å². The number of carboxylic acid groups (broad SMARTS) is 1. The third-order valence-corrected chi connectivity index (χ3v) is 4.30. The van der Waals surface area contributed by atoms with Crippen molar-refractivity contribution < 1.29 is 14.6 Å². The number of hydrogen-bond donors (Lipinski definition) is 1. The van der Waals surface area contributed by atoms with E-state index < -0.39 is 5.97 Å². The van der Waals surface area contributed by atoms with Gasteiger partial charge in [0.2, 0.25) is 0 Å². The topological polar surface area (TPSA) is 78.8 Å². The molecule has 0 saturated carbocycles. The summed E-state index contributed by atoms with van der Waals surface area (Å²) in [6, 6.07) is 10.2. The lowest BCUT2D eigenvalue weighted by molar-refractivity contribution is -0.138. The third-order valence-electron chi connectivity index (χ3n) is 4.30. The Morgan fingerprint density at radius 2 is 1.88 bits per heavy atom. The van der Waals surface area contributed by atoms with Crippen molar-refractivity contribution in [3.63, 3.8) is 0 Å². The van der Waals surface area contributed by atoms with Gasteiger partial charge in [-0.05, 0) is 17.2 Å². The van der Waals surface area contributed by atoms with Crippen LogP contribution in [-0.4, -0.2) is 66.0 Å². The summed E-state index contributed by atoms with van der Waals surface area (Å²) in [5.41, 5.74) is 3.23. The molecule has 3 rings (SSSR count). The van der Waals surface area contributed by atoms with Crippen molar-refractivity contribution in [2.24, 2.45) is 0 Å². The Labute approximate surface area is 146 Å². The first-order chi connectivity index (χ1) is 12.2. The number of nitrogens with zero attached hydrogens (tertiary/aromatic N) is 4. The molecule has 0 aliphatic carbocycles. The molecule has 1 aliphatic heterocycles. The Morgan fingerprint density at radius 1 is 1.16 bits per heavy atom. The van der Waals surface area contributed by atoms with Crippen LogP contribution >= 0.6 is 0 Å². The van der Waals surface area contributed by atoms with Crippen molar-refractivity contribution in [3.8, 4) is 11.1 Å². The summed E-state index contributed by atoms with van der Waals surface area (Å²) < 4.78 is 5.13. The minimum Gasteiger partial charge on any atom is -0.480 e. The fraction of sp³-hybridized carbons (Fsp3) is 0.389. The molecule has 7 nitrogen and oxygen atoms in total. The maximum Gasteiger partial charge on any atom is 0.317 e. The molecule has 0 amide bonds. The summed E-state index contributed by atoms with van der Waals surface area (Å²) in [6.07, 6.45) is 1.76. The second-order valence-corrected chi connectivity index (χ2v) is 6.09. The highest BCUT2D eigenvalue weighted by Gasteiger charge is 2.20. The standard InChI is InChI=1S/C18H22N4O3/c1-25-13-14-2-4-15(5-3-14)16-10-17(20-19-11-16)22-8-6-21(7-9-22)12-18(23)24/h2-5,10-11H,6-9,12-13H2,1H3,(H,23,24). The Bertz CT molecular complexity index is 713. The summed E-state index contributed by atoms with van der Waals surface area (Å²) in [6.45, 7) is 3.61. The maximum atomic E-state index is 10.8. The monoisotopic (exact) mass is 342 g/mol. The van der Waals surface area contributed by atoms with Gasteiger partial charge in [0.15, 0.2) is 5.82 Å². The Kier molecular flexibility index (Phi) is 5.57. The molecule has 2 aromatic rings. The van der Waals surface area contributed by atoms with Crippen LogP contribution in [-0.2, 0) is 16.1 Å². The number of aliphatic carboxylic acids is 1. The van der Waals surface area contributed by atoms with Gasteiger partial charge in [-0.3, -0.25) is 9.69 Å². The normalized spacial score (nSPS) is 15.3. The average molecular weight is 342 g/mol. The van der Waals surface area contributed by atoms with Crippen LogP contribution in [0.5, 0.6) is 0 Å². The van der Waals surface area contributed by atoms with E-state index in [9.17, 15) is 4.79 Å². The molecule has 132 valence electrons. The predicted molar refractivity (Wildman–Crippen MR) is 94.5 cm³/mol. The summed E-state index contributed by atoms with van der Waals surface area (Å²) >= 11 is 0. The number of hydrogen-bond acceptors (Lipinski definition) is 6. The van der Waals surface area contributed by atoms with Crippen molar-refractivity contribution in [3.05, 3.63) is 42.1 Å². The van der Waals surface area contributed by atoms with Crippen LogP contribution in [0.25, 0.3) is 11.1 Å². The van der Waals surface area contributed by atoms with Crippen LogP contribution in [0, 0.1) is 0 Å². The maximum absolute atomic E-state index is 10.8. The largest absolute Gasteiger partial charge is 0.480 e. The number of carboxylic acids is 1. The van der Waals surface area contributed by atoms with Crippen LogP contribution in [0.4, 0.5) is 5.82 Å². The number of rotatable bonds is 6. The van der Waals surface area contributed by atoms with Gasteiger partial charge in [-0.15, -0.1) is 5.10 Å². The van der Waals surface area contributed by atoms with Gasteiger partial charge >= 0.3 is 5.97 Å². The molecule has 1 aliphatic rings. The number of ether oxygens (including phenoxy) is 1. The van der Waals surface area contributed by atoms with E-state index in [1.807, 2.05) is 23.1 Å². The van der Waals surface area contributed by atoms with Crippen LogP contribution in [0.1, 0.15) is 5.56 Å². The van der Waals surface area contributed by atoms with E-state index in [1.165, 1.54) is 0 Å². The minimum absolute atomic E-state index is 0.0907. The minimum atomic E-state index is -0.785. The molecule has 0 atom stereocenters. The second-order valence-electron chi connectivity index (χ2n) is 6.09. The van der Waals surface area contributed by atoms with E-state index in [2.05, 4.69) is 27.2 Å². The van der Waals surface area contributed by atoms with Crippen LogP contribution in [0.15, 0.2) is 36.5 Å². The van der Waals surface area contributed by atoms with Crippen LogP contribution < -0.4 is 4.90 Å². The van der Waals surface area contributed by atoms with Gasteiger partial charge in [0.05, 0.1) is 19.3 Å². The lowest BCUT2D eigenvalue weighted by Crippen LogP contribution is -2.48. The van der Waals surface area contributed by atoms with Gasteiger partial charge in [0, 0.05) is 38.9 Å². The second kappa shape index (κ2) is 8.04. The SMILES string of the molecule is COCc1ccc(-c2cnnc(N3CCN(CC(=O)O)CC3)c2)cc1. The molecule has 1 N–H and O–H groups in total. The summed E-state index contributed by atoms with van der Waals surface area (Å²) in [4.78, 5) is 14.9. The number of carbonyl (C=O) groups is 1. The van der Waals surface area contributed by atoms with Crippen molar-refractivity contribution in [1.82, 2.24) is 15.1 Å². The van der Waals surface area contributed by atoms with Gasteiger partial charge in [-0.2, -0.15) is 5.10 Å². The highest BCUT2D eigenvalue weighted by atomic mass is 16.5. The molecule has 0 unspecified atom stereocenters. The van der Waals surface area contributed by atoms with E-state index in [0.717, 1.165) is 35.6 Å². The van der Waals surface area contributed by atoms with E-state index >= 15 is 0 Å². The fourth-order valence-electron chi connectivity index (χ4n) is 2.95. The summed E-state index contributed by atoms with van der Waals surface area (Å²) in [7, 11) is 1.68. The Balaban J connectivity index is 1.68. The first-order valence-corrected chi connectivity index (χ1v) is 8.26. The van der Waals surface area contributed by atoms with E-state index in [4.69, 9.17) is 9.84 Å². The Morgan fingerprint density at radius 3 is 2.52 bits per heavy atom. The number of aromatic nitrogens is 2. The number of piperazine rings is 1. The molecule has 0 radical (unpaired) electrons. The lowest BCUT2D eigenvalue weighted by Gasteiger charge is -2.34. The van der Waals surface area contributed by atoms with Gasteiger partial charge in [0.1, 0.15) is 0 Å². The number of methoxy groups -OCH3 is 1. The van der Waals surface area contributed by atoms with Gasteiger partial charge in [-0.1, -0.05) is 24.3 Å². The molecule has 0 bridgehead atoms. The quantitative estimate of drug-likeness (QED) is 0.852. The first-order valence-electron chi connectivity index (χ1n) is 8.26. The molecule has 1 fully saturated rings. The van der Waals surface area contributed by atoms with Crippen molar-refractivity contribution in [2.75, 3.05) is 44.7 Å². The molecule has 2 heterocycles. The van der Waals surface area contributed by atoms with Crippen molar-refractivity contribution in [2.45, 2.75) is 6.61 Å². The van der Waals surface area contributed by atoms with Crippen molar-refractivity contribution >= 4 is 11.8 Å². The molecule has 1 aromatic carbocycles. The summed E-state index contributed by atoms with van der Waals surface area (Å²) in [5.74, 6) is 0.0422. The summed E-state index contributed by atoms with van der Waals surface area (Å²) in [5, 5.41) is 17.3. The van der Waals surface area contributed by atoms with E-state index in [0.29, 0.717) is 19.7 Å². The highest BCUT2D eigenvalue weighted by molar-refractivity contribution is 5.69. The third kappa shape index (κ3) is 4.52. The van der Waals surface area contributed by atoms with Gasteiger partial charge < -0.3 is 14.7 Å². The van der Waals surface area contributed by atoms with Crippen LogP contribution in [0.3, 0.4) is 0 Å². The molecular formula is C18H22N4O3. The highest BCUT2D eigenvalue weighted by Crippen LogP contribution is 2.23. The lowest BCUT2D eigenvalue weighted by atomic mass is 10.1. The fourth-order valence-corrected chi connectivity index (χ4v) is 2.95. The Hall–Kier alpha value is -2.51. The van der Waals surface area contributed by atoms with Crippen molar-refractivity contribution in [1.29, 1.82) is 0 Å². The molecule has 7 heteroatoms. The molecule has 1 aromatic heterocycles. The van der Waals surface area contributed by atoms with Crippen LogP contribution in [0.2, 0.25) is 0 Å².